The molecule has 0 spiro atoms. The van der Waals surface area contributed by atoms with Crippen molar-refractivity contribution in [3.05, 3.63) is 59.8 Å². The quantitative estimate of drug-likeness (QED) is 0.729. The van der Waals surface area contributed by atoms with Crippen molar-refractivity contribution in [2.24, 2.45) is 0 Å². The summed E-state index contributed by atoms with van der Waals surface area (Å²) in [6.45, 7) is 3.76. The lowest BCUT2D eigenvalue weighted by Crippen LogP contribution is -2.22. The largest absolute Gasteiger partial charge is 0.444 e. The fraction of sp³-hybridized carbons (Fsp3) is 0.333. The topological polar surface area (TPSA) is 55.3 Å². The highest BCUT2D eigenvalue weighted by atomic mass is 16.5. The van der Waals surface area contributed by atoms with Crippen LogP contribution in [0.15, 0.2) is 51.6 Å². The van der Waals surface area contributed by atoms with Crippen LogP contribution in [0.3, 0.4) is 0 Å². The molecule has 1 aromatic carbocycles. The molecule has 0 aliphatic carbocycles. The summed E-state index contributed by atoms with van der Waals surface area (Å²) >= 11 is 0. The van der Waals surface area contributed by atoms with Crippen LogP contribution in [0.2, 0.25) is 0 Å². The number of rotatable bonds is 4. The Morgan fingerprint density at radius 1 is 1.26 bits per heavy atom. The number of aryl methyl sites for hydroxylation is 1. The second-order valence-corrected chi connectivity index (χ2v) is 6.01. The van der Waals surface area contributed by atoms with Gasteiger partial charge in [0.05, 0.1) is 17.4 Å². The molecule has 3 heterocycles. The number of hydrogen-bond donors (Lipinski definition) is 0. The highest BCUT2D eigenvalue weighted by molar-refractivity contribution is 5.52. The first kappa shape index (κ1) is 14.2. The summed E-state index contributed by atoms with van der Waals surface area (Å²) in [7, 11) is 0. The van der Waals surface area contributed by atoms with Crippen LogP contribution >= 0.6 is 0 Å². The molecule has 0 unspecified atom stereocenters. The summed E-state index contributed by atoms with van der Waals surface area (Å²) in [6.07, 6.45) is 4.01. The summed E-state index contributed by atoms with van der Waals surface area (Å²) in [4.78, 5) is 7.00. The zero-order valence-electron chi connectivity index (χ0n) is 13.1. The van der Waals surface area contributed by atoms with Crippen molar-refractivity contribution in [3.8, 4) is 11.5 Å². The van der Waals surface area contributed by atoms with Gasteiger partial charge in [-0.3, -0.25) is 4.90 Å². The maximum absolute atomic E-state index is 5.63. The van der Waals surface area contributed by atoms with E-state index in [2.05, 4.69) is 15.0 Å². The Kier molecular flexibility index (Phi) is 3.71. The lowest BCUT2D eigenvalue weighted by Gasteiger charge is -2.20. The van der Waals surface area contributed by atoms with Gasteiger partial charge in [-0.2, -0.15) is 0 Å². The van der Waals surface area contributed by atoms with E-state index < -0.39 is 0 Å². The van der Waals surface area contributed by atoms with Crippen LogP contribution in [0.1, 0.15) is 36.0 Å². The normalized spacial score (nSPS) is 18.6. The third-order valence-corrected chi connectivity index (χ3v) is 4.28. The van der Waals surface area contributed by atoms with Gasteiger partial charge in [0.1, 0.15) is 6.26 Å². The molecule has 5 heteroatoms. The second-order valence-electron chi connectivity index (χ2n) is 6.01. The predicted octanol–water partition coefficient (Wildman–Crippen LogP) is 3.98. The number of hydrogen-bond acceptors (Lipinski definition) is 5. The minimum absolute atomic E-state index is 0.285. The SMILES string of the molecule is Cc1cc([C@H]2CCCN2Cc2coc(-c3ccccc3)n2)on1. The average molecular weight is 309 g/mol. The van der Waals surface area contributed by atoms with Crippen LogP contribution in [-0.2, 0) is 6.54 Å². The Morgan fingerprint density at radius 2 is 2.13 bits per heavy atom. The zero-order valence-corrected chi connectivity index (χ0v) is 13.1. The Hall–Kier alpha value is -2.40. The smallest absolute Gasteiger partial charge is 0.226 e. The first-order valence-electron chi connectivity index (χ1n) is 7.97. The number of nitrogens with zero attached hydrogens (tertiary/aromatic N) is 3. The first-order chi connectivity index (χ1) is 11.3. The molecule has 1 fully saturated rings. The van der Waals surface area contributed by atoms with E-state index in [1.54, 1.807) is 6.26 Å². The van der Waals surface area contributed by atoms with Gasteiger partial charge in [-0.15, -0.1) is 0 Å². The highest BCUT2D eigenvalue weighted by Crippen LogP contribution is 2.33. The Labute approximate surface area is 134 Å². The van der Waals surface area contributed by atoms with Crippen molar-refractivity contribution >= 4 is 0 Å². The van der Waals surface area contributed by atoms with Crippen LogP contribution in [0.4, 0.5) is 0 Å². The summed E-state index contributed by atoms with van der Waals surface area (Å²) in [5.74, 6) is 1.62. The fourth-order valence-electron chi connectivity index (χ4n) is 3.18. The van der Waals surface area contributed by atoms with Crippen LogP contribution in [0.25, 0.3) is 11.5 Å². The van der Waals surface area contributed by atoms with Crippen LogP contribution in [-0.4, -0.2) is 21.6 Å². The molecule has 1 atom stereocenters. The molecule has 1 aliphatic rings. The molecule has 0 bridgehead atoms. The predicted molar refractivity (Wildman–Crippen MR) is 85.6 cm³/mol. The van der Waals surface area contributed by atoms with Crippen molar-refractivity contribution in [2.75, 3.05) is 6.54 Å². The molecule has 23 heavy (non-hydrogen) atoms. The van der Waals surface area contributed by atoms with E-state index >= 15 is 0 Å². The summed E-state index contributed by atoms with van der Waals surface area (Å²) < 4.78 is 11.1. The molecule has 0 N–H and O–H groups in total. The fourth-order valence-corrected chi connectivity index (χ4v) is 3.18. The van der Waals surface area contributed by atoms with E-state index in [1.807, 2.05) is 43.3 Å². The van der Waals surface area contributed by atoms with E-state index in [0.29, 0.717) is 5.89 Å². The maximum Gasteiger partial charge on any atom is 0.226 e. The Bertz CT molecular complexity index is 778. The molecule has 3 aromatic rings. The van der Waals surface area contributed by atoms with Gasteiger partial charge in [0.2, 0.25) is 5.89 Å². The molecule has 0 saturated carbocycles. The summed E-state index contributed by atoms with van der Waals surface area (Å²) in [5.41, 5.74) is 2.88. The minimum atomic E-state index is 0.285. The lowest BCUT2D eigenvalue weighted by atomic mass is 10.1. The molecule has 5 nitrogen and oxygen atoms in total. The molecule has 1 saturated heterocycles. The molecular formula is C18H19N3O2. The zero-order chi connectivity index (χ0) is 15.6. The van der Waals surface area contributed by atoms with Crippen molar-refractivity contribution in [1.29, 1.82) is 0 Å². The van der Waals surface area contributed by atoms with Gasteiger partial charge in [-0.1, -0.05) is 23.4 Å². The standard InChI is InChI=1S/C18H19N3O2/c1-13-10-17(23-20-13)16-8-5-9-21(16)11-15-12-22-18(19-15)14-6-3-2-4-7-14/h2-4,6-7,10,12,16H,5,8-9,11H2,1H3/t16-/m1/s1. The van der Waals surface area contributed by atoms with Crippen molar-refractivity contribution in [3.63, 3.8) is 0 Å². The van der Waals surface area contributed by atoms with Crippen LogP contribution in [0, 0.1) is 6.92 Å². The van der Waals surface area contributed by atoms with E-state index in [0.717, 1.165) is 48.6 Å². The van der Waals surface area contributed by atoms with Gasteiger partial charge in [0.25, 0.3) is 0 Å². The highest BCUT2D eigenvalue weighted by Gasteiger charge is 2.29. The van der Waals surface area contributed by atoms with Crippen LogP contribution in [0.5, 0.6) is 0 Å². The van der Waals surface area contributed by atoms with Gasteiger partial charge in [0, 0.05) is 18.2 Å². The summed E-state index contributed by atoms with van der Waals surface area (Å²) in [5, 5.41) is 4.01. The van der Waals surface area contributed by atoms with Crippen molar-refractivity contribution < 1.29 is 8.94 Å². The lowest BCUT2D eigenvalue weighted by molar-refractivity contribution is 0.204. The van der Waals surface area contributed by atoms with E-state index in [4.69, 9.17) is 8.94 Å². The molecule has 2 aromatic heterocycles. The van der Waals surface area contributed by atoms with Crippen molar-refractivity contribution in [1.82, 2.24) is 15.0 Å². The van der Waals surface area contributed by atoms with E-state index in [9.17, 15) is 0 Å². The molecular weight excluding hydrogens is 290 g/mol. The van der Waals surface area contributed by atoms with Gasteiger partial charge >= 0.3 is 0 Å². The summed E-state index contributed by atoms with van der Waals surface area (Å²) in [6, 6.07) is 12.3. The maximum atomic E-state index is 5.63. The van der Waals surface area contributed by atoms with E-state index in [-0.39, 0.29) is 6.04 Å². The van der Waals surface area contributed by atoms with Gasteiger partial charge in [-0.25, -0.2) is 4.98 Å². The second kappa shape index (κ2) is 6.01. The molecule has 4 rings (SSSR count). The van der Waals surface area contributed by atoms with Gasteiger partial charge in [-0.05, 0) is 38.4 Å². The van der Waals surface area contributed by atoms with Crippen molar-refractivity contribution in [2.45, 2.75) is 32.4 Å². The van der Waals surface area contributed by atoms with E-state index in [1.165, 1.54) is 0 Å². The first-order valence-corrected chi connectivity index (χ1v) is 7.97. The third-order valence-electron chi connectivity index (χ3n) is 4.28. The number of oxazole rings is 1. The average Bonchev–Trinajstić information content (AvgIpc) is 3.29. The Balaban J connectivity index is 1.50. The van der Waals surface area contributed by atoms with Gasteiger partial charge in [0.15, 0.2) is 5.76 Å². The molecule has 118 valence electrons. The minimum Gasteiger partial charge on any atom is -0.444 e. The third kappa shape index (κ3) is 2.92. The van der Waals surface area contributed by atoms with Gasteiger partial charge < -0.3 is 8.94 Å². The number of benzene rings is 1. The molecule has 1 aliphatic heterocycles. The number of aromatic nitrogens is 2. The Morgan fingerprint density at radius 3 is 2.91 bits per heavy atom. The number of likely N-dealkylation sites (tertiary alicyclic amines) is 1. The molecule has 0 amide bonds. The molecule has 0 radical (unpaired) electrons. The monoisotopic (exact) mass is 309 g/mol. The van der Waals surface area contributed by atoms with Crippen LogP contribution < -0.4 is 0 Å².